The highest BCUT2D eigenvalue weighted by Crippen LogP contribution is 2.43. The van der Waals surface area contributed by atoms with Crippen molar-refractivity contribution in [2.24, 2.45) is 0 Å². The first kappa shape index (κ1) is 21.4. The summed E-state index contributed by atoms with van der Waals surface area (Å²) in [5.74, 6) is -0.243. The Morgan fingerprint density at radius 3 is 2.62 bits per heavy atom. The van der Waals surface area contributed by atoms with Crippen LogP contribution in [0.5, 0.6) is 17.2 Å². The van der Waals surface area contributed by atoms with Gasteiger partial charge in [-0.1, -0.05) is 5.16 Å². The molecule has 0 aliphatic carbocycles. The van der Waals surface area contributed by atoms with Crippen LogP contribution in [0.4, 0.5) is 10.2 Å². The molecule has 9 heteroatoms. The van der Waals surface area contributed by atoms with Crippen molar-refractivity contribution < 1.29 is 28.0 Å². The molecule has 1 aromatic heterocycles. The second-order valence-corrected chi connectivity index (χ2v) is 8.27. The van der Waals surface area contributed by atoms with Gasteiger partial charge >= 0.3 is 0 Å². The molecule has 0 spiro atoms. The lowest BCUT2D eigenvalue weighted by Crippen LogP contribution is -2.24. The van der Waals surface area contributed by atoms with Crippen LogP contribution in [0.15, 0.2) is 47.2 Å². The van der Waals surface area contributed by atoms with Crippen LogP contribution in [0.25, 0.3) is 0 Å². The van der Waals surface area contributed by atoms with Gasteiger partial charge in [0.15, 0.2) is 5.82 Å². The first-order valence-electron chi connectivity index (χ1n) is 9.90. The topological polar surface area (TPSA) is 93.9 Å². The van der Waals surface area contributed by atoms with E-state index in [-0.39, 0.29) is 22.7 Å². The Bertz CT molecular complexity index is 1190. The molecule has 4 rings (SSSR count). The highest BCUT2D eigenvalue weighted by atomic mass is 19.1. The first-order chi connectivity index (χ1) is 15.1. The maximum Gasteiger partial charge on any atom is 0.257 e. The molecule has 1 aliphatic heterocycles. The summed E-state index contributed by atoms with van der Waals surface area (Å²) in [4.78, 5) is 26.1. The van der Waals surface area contributed by atoms with Gasteiger partial charge in [-0.25, -0.2) is 4.39 Å². The van der Waals surface area contributed by atoms with E-state index in [1.54, 1.807) is 26.2 Å². The van der Waals surface area contributed by atoms with E-state index in [1.165, 1.54) is 29.4 Å². The van der Waals surface area contributed by atoms with Crippen molar-refractivity contribution in [3.05, 3.63) is 65.2 Å². The van der Waals surface area contributed by atoms with Gasteiger partial charge in [0.05, 0.1) is 5.56 Å². The third-order valence-electron chi connectivity index (χ3n) is 4.90. The Morgan fingerprint density at radius 1 is 1.19 bits per heavy atom. The number of amides is 2. The molecule has 0 unspecified atom stereocenters. The maximum atomic E-state index is 14.5. The molecule has 2 aromatic carbocycles. The Balaban J connectivity index is 1.67. The average molecular weight is 439 g/mol. The number of halogens is 1. The van der Waals surface area contributed by atoms with E-state index in [2.05, 4.69) is 10.5 Å². The highest BCUT2D eigenvalue weighted by Gasteiger charge is 2.34. The van der Waals surface area contributed by atoms with Crippen LogP contribution in [0.2, 0.25) is 0 Å². The molecule has 0 saturated heterocycles. The van der Waals surface area contributed by atoms with Crippen molar-refractivity contribution >= 4 is 17.6 Å². The van der Waals surface area contributed by atoms with Gasteiger partial charge in [-0.3, -0.25) is 9.59 Å². The zero-order valence-corrected chi connectivity index (χ0v) is 18.1. The van der Waals surface area contributed by atoms with E-state index in [1.807, 2.05) is 13.8 Å². The summed E-state index contributed by atoms with van der Waals surface area (Å²) in [6.07, 6.45) is 1.89. The molecule has 0 bridgehead atoms. The summed E-state index contributed by atoms with van der Waals surface area (Å²) < 4.78 is 31.2. The number of carbonyl (C=O) groups excluding carboxylic acids is 2. The SMILES string of the molecule is CN(C)C(=O)c1ccc(Oc2cc(C(=O)Nc3ccon3)cc3c2CC(C)(C)O3)cc1F. The molecule has 1 aliphatic rings. The van der Waals surface area contributed by atoms with Gasteiger partial charge in [0, 0.05) is 43.8 Å². The van der Waals surface area contributed by atoms with Crippen LogP contribution in [-0.4, -0.2) is 41.6 Å². The van der Waals surface area contributed by atoms with Crippen molar-refractivity contribution in [3.8, 4) is 17.2 Å². The van der Waals surface area contributed by atoms with Crippen LogP contribution in [0, 0.1) is 5.82 Å². The van der Waals surface area contributed by atoms with Crippen LogP contribution in [0.3, 0.4) is 0 Å². The lowest BCUT2D eigenvalue weighted by atomic mass is 9.99. The van der Waals surface area contributed by atoms with Crippen molar-refractivity contribution in [3.63, 3.8) is 0 Å². The van der Waals surface area contributed by atoms with Crippen molar-refractivity contribution in [1.29, 1.82) is 0 Å². The van der Waals surface area contributed by atoms with Crippen molar-refractivity contribution in [1.82, 2.24) is 10.1 Å². The number of fused-ring (bicyclic) bond motifs is 1. The Hall–Kier alpha value is -3.88. The minimum absolute atomic E-state index is 0.0576. The Labute approximate surface area is 183 Å². The molecule has 8 nitrogen and oxygen atoms in total. The van der Waals surface area contributed by atoms with Gasteiger partial charge in [0.25, 0.3) is 11.8 Å². The van der Waals surface area contributed by atoms with Crippen LogP contribution in [0.1, 0.15) is 40.1 Å². The predicted octanol–water partition coefficient (Wildman–Crippen LogP) is 4.27. The number of hydrogen-bond donors (Lipinski definition) is 1. The number of hydrogen-bond acceptors (Lipinski definition) is 6. The molecule has 2 amide bonds. The van der Waals surface area contributed by atoms with Gasteiger partial charge in [0.2, 0.25) is 0 Å². The molecule has 1 N–H and O–H groups in total. The summed E-state index contributed by atoms with van der Waals surface area (Å²) in [7, 11) is 3.10. The number of anilines is 1. The second kappa shape index (κ2) is 7.99. The Morgan fingerprint density at radius 2 is 1.97 bits per heavy atom. The predicted molar refractivity (Wildman–Crippen MR) is 114 cm³/mol. The van der Waals surface area contributed by atoms with E-state index >= 15 is 0 Å². The number of aromatic nitrogens is 1. The fraction of sp³-hybridized carbons (Fsp3) is 0.261. The quantitative estimate of drug-likeness (QED) is 0.638. The van der Waals surface area contributed by atoms with E-state index in [4.69, 9.17) is 14.0 Å². The molecule has 0 radical (unpaired) electrons. The Kier molecular flexibility index (Phi) is 5.33. The standard InChI is InChI=1S/C23H22FN3O5/c1-23(2)12-16-18(31-14-5-6-15(17(24)11-14)22(29)27(3)4)9-13(10-19(16)32-23)21(28)25-20-7-8-30-26-20/h5-11H,12H2,1-4H3,(H,25,26,28). The molecule has 32 heavy (non-hydrogen) atoms. The molecule has 2 heterocycles. The largest absolute Gasteiger partial charge is 0.487 e. The van der Waals surface area contributed by atoms with E-state index in [9.17, 15) is 14.0 Å². The zero-order valence-electron chi connectivity index (χ0n) is 18.1. The summed E-state index contributed by atoms with van der Waals surface area (Å²) >= 11 is 0. The lowest BCUT2D eigenvalue weighted by molar-refractivity contribution is 0.0822. The molecule has 0 fully saturated rings. The van der Waals surface area contributed by atoms with Gasteiger partial charge in [-0.05, 0) is 38.1 Å². The van der Waals surface area contributed by atoms with Crippen LogP contribution in [-0.2, 0) is 6.42 Å². The second-order valence-electron chi connectivity index (χ2n) is 8.27. The molecule has 3 aromatic rings. The number of rotatable bonds is 5. The van der Waals surface area contributed by atoms with E-state index in [0.29, 0.717) is 17.9 Å². The zero-order chi connectivity index (χ0) is 23.0. The average Bonchev–Trinajstić information content (AvgIpc) is 3.33. The fourth-order valence-corrected chi connectivity index (χ4v) is 3.43. The first-order valence-corrected chi connectivity index (χ1v) is 9.90. The number of ether oxygens (including phenoxy) is 2. The minimum Gasteiger partial charge on any atom is -0.487 e. The molecular weight excluding hydrogens is 417 g/mol. The molecule has 166 valence electrons. The molecule has 0 atom stereocenters. The number of benzene rings is 2. The lowest BCUT2D eigenvalue weighted by Gasteiger charge is -2.16. The van der Waals surface area contributed by atoms with Crippen molar-refractivity contribution in [2.75, 3.05) is 19.4 Å². The third kappa shape index (κ3) is 4.27. The molecular formula is C23H22FN3O5. The van der Waals surface area contributed by atoms with Gasteiger partial charge < -0.3 is 24.2 Å². The summed E-state index contributed by atoms with van der Waals surface area (Å²) in [6, 6.07) is 8.74. The summed E-state index contributed by atoms with van der Waals surface area (Å²) in [6.45, 7) is 3.85. The number of nitrogens with zero attached hydrogens (tertiary/aromatic N) is 2. The van der Waals surface area contributed by atoms with Crippen LogP contribution < -0.4 is 14.8 Å². The van der Waals surface area contributed by atoms with Crippen molar-refractivity contribution in [2.45, 2.75) is 25.9 Å². The summed E-state index contributed by atoms with van der Waals surface area (Å²) in [5.41, 5.74) is 0.494. The molecule has 0 saturated carbocycles. The summed E-state index contributed by atoms with van der Waals surface area (Å²) in [5, 5.41) is 6.29. The normalized spacial score (nSPS) is 13.8. The number of nitrogens with one attached hydrogen (secondary N) is 1. The van der Waals surface area contributed by atoms with Gasteiger partial charge in [0.1, 0.15) is 34.9 Å². The van der Waals surface area contributed by atoms with Gasteiger partial charge in [-0.15, -0.1) is 0 Å². The minimum atomic E-state index is -0.700. The van der Waals surface area contributed by atoms with Gasteiger partial charge in [-0.2, -0.15) is 0 Å². The maximum absolute atomic E-state index is 14.5. The third-order valence-corrected chi connectivity index (χ3v) is 4.90. The fourth-order valence-electron chi connectivity index (χ4n) is 3.43. The smallest absolute Gasteiger partial charge is 0.257 e. The monoisotopic (exact) mass is 439 g/mol. The van der Waals surface area contributed by atoms with E-state index in [0.717, 1.165) is 11.6 Å². The van der Waals surface area contributed by atoms with E-state index < -0.39 is 23.2 Å². The number of carbonyl (C=O) groups is 2. The highest BCUT2D eigenvalue weighted by molar-refractivity contribution is 6.04. The van der Waals surface area contributed by atoms with Crippen LogP contribution >= 0.6 is 0 Å².